The summed E-state index contributed by atoms with van der Waals surface area (Å²) in [4.78, 5) is 11.8. The van der Waals surface area contributed by atoms with Gasteiger partial charge in [-0.3, -0.25) is 0 Å². The third-order valence-electron chi connectivity index (χ3n) is 2.95. The predicted molar refractivity (Wildman–Crippen MR) is 76.7 cm³/mol. The molecule has 0 aromatic heterocycles. The molecular formula is C13H19BrN2O2. The molecule has 0 radical (unpaired) electrons. The second-order valence-corrected chi connectivity index (χ2v) is 5.42. The average Bonchev–Trinajstić information content (AvgIpc) is 2.32. The average molecular weight is 315 g/mol. The van der Waals surface area contributed by atoms with Crippen molar-refractivity contribution in [2.75, 3.05) is 11.9 Å². The first-order valence-corrected chi connectivity index (χ1v) is 6.68. The SMILES string of the molecule is Cc1ccc(Br)cc1NC(=O)NC(C)C(C)CO. The summed E-state index contributed by atoms with van der Waals surface area (Å²) in [7, 11) is 0. The van der Waals surface area contributed by atoms with Gasteiger partial charge in [0.25, 0.3) is 0 Å². The summed E-state index contributed by atoms with van der Waals surface area (Å²) in [6, 6.07) is 5.37. The molecule has 1 rings (SSSR count). The highest BCUT2D eigenvalue weighted by atomic mass is 79.9. The van der Waals surface area contributed by atoms with Gasteiger partial charge in [-0.1, -0.05) is 28.9 Å². The van der Waals surface area contributed by atoms with Gasteiger partial charge in [-0.2, -0.15) is 0 Å². The number of benzene rings is 1. The molecule has 100 valence electrons. The second kappa shape index (κ2) is 6.75. The number of aryl methyl sites for hydroxylation is 1. The molecule has 2 amide bonds. The van der Waals surface area contributed by atoms with Gasteiger partial charge in [0.1, 0.15) is 0 Å². The Bertz CT molecular complexity index is 423. The van der Waals surface area contributed by atoms with Crippen molar-refractivity contribution in [1.29, 1.82) is 0 Å². The van der Waals surface area contributed by atoms with Crippen LogP contribution in [-0.4, -0.2) is 23.8 Å². The number of aliphatic hydroxyl groups is 1. The Morgan fingerprint density at radius 1 is 1.44 bits per heavy atom. The van der Waals surface area contributed by atoms with Gasteiger partial charge in [-0.15, -0.1) is 0 Å². The summed E-state index contributed by atoms with van der Waals surface area (Å²) in [5.74, 6) is 0.0272. The number of nitrogens with one attached hydrogen (secondary N) is 2. The molecule has 2 atom stereocenters. The maximum atomic E-state index is 11.8. The van der Waals surface area contributed by atoms with E-state index in [0.717, 1.165) is 15.7 Å². The predicted octanol–water partition coefficient (Wildman–Crippen LogP) is 2.90. The number of rotatable bonds is 4. The fraction of sp³-hybridized carbons (Fsp3) is 0.462. The number of aliphatic hydroxyl groups excluding tert-OH is 1. The van der Waals surface area contributed by atoms with Gasteiger partial charge in [-0.25, -0.2) is 4.79 Å². The van der Waals surface area contributed by atoms with Gasteiger partial charge in [-0.05, 0) is 37.5 Å². The first kappa shape index (κ1) is 15.0. The molecule has 3 N–H and O–H groups in total. The molecule has 1 aromatic rings. The smallest absolute Gasteiger partial charge is 0.319 e. The van der Waals surface area contributed by atoms with Crippen LogP contribution in [0.3, 0.4) is 0 Å². The van der Waals surface area contributed by atoms with Crippen molar-refractivity contribution in [3.8, 4) is 0 Å². The van der Waals surface area contributed by atoms with Gasteiger partial charge < -0.3 is 15.7 Å². The van der Waals surface area contributed by atoms with Crippen LogP contribution in [0.15, 0.2) is 22.7 Å². The zero-order valence-corrected chi connectivity index (χ0v) is 12.4. The van der Waals surface area contributed by atoms with E-state index in [1.165, 1.54) is 0 Å². The van der Waals surface area contributed by atoms with Crippen LogP contribution in [0.1, 0.15) is 19.4 Å². The zero-order valence-electron chi connectivity index (χ0n) is 10.8. The van der Waals surface area contributed by atoms with Gasteiger partial charge >= 0.3 is 6.03 Å². The molecule has 18 heavy (non-hydrogen) atoms. The summed E-state index contributed by atoms with van der Waals surface area (Å²) in [5, 5.41) is 14.6. The highest BCUT2D eigenvalue weighted by Gasteiger charge is 2.14. The fourth-order valence-corrected chi connectivity index (χ4v) is 1.76. The number of amides is 2. The number of carbonyl (C=O) groups is 1. The molecule has 1 aromatic carbocycles. The molecule has 0 aliphatic carbocycles. The van der Waals surface area contributed by atoms with Gasteiger partial charge in [0.05, 0.1) is 0 Å². The number of halogens is 1. The lowest BCUT2D eigenvalue weighted by atomic mass is 10.1. The van der Waals surface area contributed by atoms with E-state index < -0.39 is 0 Å². The van der Waals surface area contributed by atoms with Crippen LogP contribution < -0.4 is 10.6 Å². The molecule has 0 saturated carbocycles. The van der Waals surface area contributed by atoms with Gasteiger partial charge in [0, 0.05) is 22.8 Å². The quantitative estimate of drug-likeness (QED) is 0.800. The summed E-state index contributed by atoms with van der Waals surface area (Å²) in [6.45, 7) is 5.74. The van der Waals surface area contributed by atoms with Crippen LogP contribution in [0.2, 0.25) is 0 Å². The Morgan fingerprint density at radius 3 is 2.72 bits per heavy atom. The second-order valence-electron chi connectivity index (χ2n) is 4.51. The lowest BCUT2D eigenvalue weighted by Crippen LogP contribution is -2.40. The monoisotopic (exact) mass is 314 g/mol. The van der Waals surface area contributed by atoms with E-state index in [1.54, 1.807) is 0 Å². The Kier molecular flexibility index (Phi) is 5.62. The molecule has 0 aliphatic heterocycles. The molecule has 2 unspecified atom stereocenters. The number of carbonyl (C=O) groups excluding carboxylic acids is 1. The summed E-state index contributed by atoms with van der Waals surface area (Å²) >= 11 is 3.37. The lowest BCUT2D eigenvalue weighted by Gasteiger charge is -2.20. The van der Waals surface area contributed by atoms with Crippen molar-refractivity contribution in [1.82, 2.24) is 5.32 Å². The molecule has 0 aliphatic rings. The van der Waals surface area contributed by atoms with E-state index >= 15 is 0 Å². The summed E-state index contributed by atoms with van der Waals surface area (Å²) in [6.07, 6.45) is 0. The maximum absolute atomic E-state index is 11.8. The topological polar surface area (TPSA) is 61.4 Å². The van der Waals surface area contributed by atoms with E-state index in [4.69, 9.17) is 5.11 Å². The van der Waals surface area contributed by atoms with Crippen LogP contribution in [-0.2, 0) is 0 Å². The minimum atomic E-state index is -0.260. The molecule has 0 spiro atoms. The van der Waals surface area contributed by atoms with Crippen molar-refractivity contribution in [3.05, 3.63) is 28.2 Å². The third kappa shape index (κ3) is 4.31. The van der Waals surface area contributed by atoms with Crippen molar-refractivity contribution in [3.63, 3.8) is 0 Å². The Hall–Kier alpha value is -1.07. The third-order valence-corrected chi connectivity index (χ3v) is 3.44. The molecule has 0 bridgehead atoms. The Morgan fingerprint density at radius 2 is 2.11 bits per heavy atom. The van der Waals surface area contributed by atoms with E-state index in [2.05, 4.69) is 26.6 Å². The minimum absolute atomic E-state index is 0.0272. The van der Waals surface area contributed by atoms with Crippen LogP contribution >= 0.6 is 15.9 Å². The normalized spacial score (nSPS) is 13.8. The van der Waals surface area contributed by atoms with Crippen LogP contribution in [0, 0.1) is 12.8 Å². The van der Waals surface area contributed by atoms with Gasteiger partial charge in [0.2, 0.25) is 0 Å². The maximum Gasteiger partial charge on any atom is 0.319 e. The summed E-state index contributed by atoms with van der Waals surface area (Å²) in [5.41, 5.74) is 1.77. The van der Waals surface area contributed by atoms with Crippen molar-refractivity contribution < 1.29 is 9.90 Å². The fourth-order valence-electron chi connectivity index (χ4n) is 1.39. The first-order valence-electron chi connectivity index (χ1n) is 5.88. The molecule has 0 heterocycles. The van der Waals surface area contributed by atoms with Crippen molar-refractivity contribution in [2.24, 2.45) is 5.92 Å². The highest BCUT2D eigenvalue weighted by molar-refractivity contribution is 9.10. The minimum Gasteiger partial charge on any atom is -0.396 e. The van der Waals surface area contributed by atoms with Crippen LogP contribution in [0.25, 0.3) is 0 Å². The molecule has 5 heteroatoms. The summed E-state index contributed by atoms with van der Waals surface area (Å²) < 4.78 is 0.917. The molecule has 0 saturated heterocycles. The van der Waals surface area contributed by atoms with E-state index in [0.29, 0.717) is 0 Å². The molecular weight excluding hydrogens is 296 g/mol. The standard InChI is InChI=1S/C13H19BrN2O2/c1-8-4-5-11(14)6-12(8)16-13(18)15-10(3)9(2)7-17/h4-6,9-10,17H,7H2,1-3H3,(H2,15,16,18). The van der Waals surface area contributed by atoms with E-state index in [-0.39, 0.29) is 24.6 Å². The molecule has 4 nitrogen and oxygen atoms in total. The number of anilines is 1. The highest BCUT2D eigenvalue weighted by Crippen LogP contribution is 2.20. The zero-order chi connectivity index (χ0) is 13.7. The Balaban J connectivity index is 2.62. The molecule has 0 fully saturated rings. The number of urea groups is 1. The Labute approximate surface area is 116 Å². The van der Waals surface area contributed by atoms with Gasteiger partial charge in [0.15, 0.2) is 0 Å². The van der Waals surface area contributed by atoms with E-state index in [9.17, 15) is 4.79 Å². The van der Waals surface area contributed by atoms with Crippen molar-refractivity contribution >= 4 is 27.6 Å². The first-order chi connectivity index (χ1) is 8.43. The van der Waals surface area contributed by atoms with Crippen LogP contribution in [0.5, 0.6) is 0 Å². The largest absolute Gasteiger partial charge is 0.396 e. The lowest BCUT2D eigenvalue weighted by molar-refractivity contribution is 0.204. The number of hydrogen-bond acceptors (Lipinski definition) is 2. The van der Waals surface area contributed by atoms with Crippen molar-refractivity contribution in [2.45, 2.75) is 26.8 Å². The van der Waals surface area contributed by atoms with E-state index in [1.807, 2.05) is 39.0 Å². The number of hydrogen-bond donors (Lipinski definition) is 3. The van der Waals surface area contributed by atoms with Crippen LogP contribution in [0.4, 0.5) is 10.5 Å².